The Bertz CT molecular complexity index is 330. The van der Waals surface area contributed by atoms with Gasteiger partial charge in [-0.3, -0.25) is 0 Å². The van der Waals surface area contributed by atoms with Crippen molar-refractivity contribution in [2.45, 2.75) is 12.8 Å². The molecule has 0 aliphatic carbocycles. The van der Waals surface area contributed by atoms with Gasteiger partial charge in [-0.05, 0) is 12.0 Å². The van der Waals surface area contributed by atoms with Crippen molar-refractivity contribution < 1.29 is 0 Å². The van der Waals surface area contributed by atoms with E-state index in [4.69, 9.17) is 12.2 Å². The second-order valence-electron chi connectivity index (χ2n) is 2.34. The highest BCUT2D eigenvalue weighted by molar-refractivity contribution is 7.79. The van der Waals surface area contributed by atoms with Gasteiger partial charge in [0.15, 0.2) is 0 Å². The Balaban J connectivity index is 3.02. The summed E-state index contributed by atoms with van der Waals surface area (Å²) in [7, 11) is 3.43. The van der Waals surface area contributed by atoms with E-state index in [9.17, 15) is 0 Å². The van der Waals surface area contributed by atoms with E-state index < -0.39 is 0 Å². The van der Waals surface area contributed by atoms with Gasteiger partial charge in [-0.2, -0.15) is 0 Å². The number of allylic oxidation sites excluding steroid dienone is 2. The van der Waals surface area contributed by atoms with Crippen LogP contribution in [0.3, 0.4) is 0 Å². The molecule has 0 saturated carbocycles. The smallest absolute Gasteiger partial charge is 0.103 e. The van der Waals surface area contributed by atoms with Crippen LogP contribution in [-0.2, 0) is 12.8 Å². The van der Waals surface area contributed by atoms with Crippen LogP contribution in [0.1, 0.15) is 10.4 Å². The summed E-state index contributed by atoms with van der Waals surface area (Å²) in [6, 6.07) is 0. The molecular formula is C9H10S3. The van der Waals surface area contributed by atoms with Crippen molar-refractivity contribution in [3.05, 3.63) is 39.6 Å². The van der Waals surface area contributed by atoms with Gasteiger partial charge in [-0.25, -0.2) is 0 Å². The molecule has 3 heteroatoms. The summed E-state index contributed by atoms with van der Waals surface area (Å²) in [5, 5.41) is 0. The van der Waals surface area contributed by atoms with Gasteiger partial charge in [0.25, 0.3) is 0 Å². The van der Waals surface area contributed by atoms with E-state index in [0.717, 1.165) is 16.7 Å². The van der Waals surface area contributed by atoms with E-state index in [1.165, 1.54) is 10.4 Å². The lowest BCUT2D eigenvalue weighted by molar-refractivity contribution is 1.21. The highest BCUT2D eigenvalue weighted by Gasteiger charge is 2.04. The maximum absolute atomic E-state index is 5.20. The number of rotatable bonds is 4. The average Bonchev–Trinajstić information content (AvgIpc) is 2.37. The van der Waals surface area contributed by atoms with Crippen LogP contribution >= 0.6 is 32.9 Å². The monoisotopic (exact) mass is 214 g/mol. The lowest BCUT2D eigenvalue weighted by atomic mass is 10.2. The van der Waals surface area contributed by atoms with Gasteiger partial charge >= 0.3 is 0 Å². The molecule has 0 fully saturated rings. The van der Waals surface area contributed by atoms with E-state index in [-0.39, 0.29) is 0 Å². The molecule has 0 aromatic carbocycles. The van der Waals surface area contributed by atoms with Crippen LogP contribution in [0.2, 0.25) is 0 Å². The molecule has 0 N–H and O–H groups in total. The van der Waals surface area contributed by atoms with Crippen molar-refractivity contribution in [2.75, 3.05) is 0 Å². The quantitative estimate of drug-likeness (QED) is 0.415. The Hall–Kier alpha value is -0.250. The molecule has 0 unspecified atom stereocenters. The Kier molecular flexibility index (Phi) is 3.85. The normalized spacial score (nSPS) is 9.67. The van der Waals surface area contributed by atoms with Crippen LogP contribution in [0.15, 0.2) is 25.3 Å². The molecule has 0 atom stereocenters. The molecule has 0 radical (unpaired) electrons. The molecule has 1 aromatic heterocycles. The fourth-order valence-electron chi connectivity index (χ4n) is 0.932. The zero-order valence-corrected chi connectivity index (χ0v) is 9.16. The fraction of sp³-hybridized carbons (Fsp3) is 0.222. The lowest BCUT2D eigenvalue weighted by Gasteiger charge is -1.94. The summed E-state index contributed by atoms with van der Waals surface area (Å²) in [6.07, 6.45) is 5.64. The SMILES string of the molecule is C=CCc1ssc(=S)c1CC=C. The van der Waals surface area contributed by atoms with Gasteiger partial charge in [0, 0.05) is 11.3 Å². The lowest BCUT2D eigenvalue weighted by Crippen LogP contribution is -1.84. The predicted molar refractivity (Wildman–Crippen MR) is 60.8 cm³/mol. The van der Waals surface area contributed by atoms with Crippen LogP contribution in [0, 0.1) is 3.82 Å². The second-order valence-corrected chi connectivity index (χ2v) is 5.24. The van der Waals surface area contributed by atoms with Crippen LogP contribution in [-0.4, -0.2) is 0 Å². The van der Waals surface area contributed by atoms with Crippen LogP contribution in [0.4, 0.5) is 0 Å². The minimum absolute atomic E-state index is 0.891. The largest absolute Gasteiger partial charge is 0.105 e. The highest BCUT2D eigenvalue weighted by Crippen LogP contribution is 2.26. The summed E-state index contributed by atoms with van der Waals surface area (Å²) in [5.41, 5.74) is 1.27. The molecule has 0 saturated heterocycles. The first-order chi connectivity index (χ1) is 5.79. The molecule has 0 nitrogen and oxygen atoms in total. The van der Waals surface area contributed by atoms with Crippen molar-refractivity contribution in [3.63, 3.8) is 0 Å². The van der Waals surface area contributed by atoms with Crippen molar-refractivity contribution in [3.8, 4) is 0 Å². The van der Waals surface area contributed by atoms with Crippen molar-refractivity contribution in [1.82, 2.24) is 0 Å². The first-order valence-corrected chi connectivity index (χ1v) is 6.18. The van der Waals surface area contributed by atoms with E-state index in [0.29, 0.717) is 0 Å². The average molecular weight is 214 g/mol. The van der Waals surface area contributed by atoms with Crippen molar-refractivity contribution in [2.24, 2.45) is 0 Å². The minimum Gasteiger partial charge on any atom is -0.103 e. The van der Waals surface area contributed by atoms with Crippen molar-refractivity contribution >= 4 is 32.9 Å². The van der Waals surface area contributed by atoms with Gasteiger partial charge in [0.1, 0.15) is 3.82 Å². The molecular weight excluding hydrogens is 204 g/mol. The third-order valence-corrected chi connectivity index (χ3v) is 4.74. The third-order valence-electron chi connectivity index (χ3n) is 1.48. The van der Waals surface area contributed by atoms with Gasteiger partial charge in [0.2, 0.25) is 0 Å². The summed E-state index contributed by atoms with van der Waals surface area (Å²) < 4.78 is 1.01. The first-order valence-electron chi connectivity index (χ1n) is 3.62. The van der Waals surface area contributed by atoms with Crippen molar-refractivity contribution in [1.29, 1.82) is 0 Å². The molecule has 1 rings (SSSR count). The van der Waals surface area contributed by atoms with Crippen LogP contribution in [0.5, 0.6) is 0 Å². The molecule has 12 heavy (non-hydrogen) atoms. The summed E-state index contributed by atoms with van der Waals surface area (Å²) in [4.78, 5) is 1.35. The summed E-state index contributed by atoms with van der Waals surface area (Å²) >= 11 is 5.20. The number of hydrogen-bond donors (Lipinski definition) is 0. The van der Waals surface area contributed by atoms with Gasteiger partial charge in [-0.15, -0.1) is 13.2 Å². The minimum atomic E-state index is 0.891. The molecule has 1 aromatic rings. The molecule has 0 aliphatic heterocycles. The molecule has 0 aliphatic rings. The predicted octanol–water partition coefficient (Wildman–Crippen LogP) is 4.00. The standard InChI is InChI=1S/C9H10S3/c1-3-5-7-8(6-4-2)11-12-9(7)10/h3-4H,1-2,5-6H2. The number of hydrogen-bond acceptors (Lipinski definition) is 3. The first kappa shape index (κ1) is 9.84. The van der Waals surface area contributed by atoms with Gasteiger partial charge < -0.3 is 0 Å². The molecule has 0 bridgehead atoms. The maximum Gasteiger partial charge on any atom is 0.105 e. The van der Waals surface area contributed by atoms with Crippen LogP contribution in [0.25, 0.3) is 0 Å². The highest BCUT2D eigenvalue weighted by atomic mass is 32.9. The van der Waals surface area contributed by atoms with Crippen LogP contribution < -0.4 is 0 Å². The molecule has 0 amide bonds. The zero-order valence-electron chi connectivity index (χ0n) is 6.71. The zero-order chi connectivity index (χ0) is 8.97. The van der Waals surface area contributed by atoms with Gasteiger partial charge in [-0.1, -0.05) is 45.1 Å². The van der Waals surface area contributed by atoms with Gasteiger partial charge in [0.05, 0.1) is 0 Å². The topological polar surface area (TPSA) is 0 Å². The Morgan fingerprint density at radius 3 is 2.42 bits per heavy atom. The molecule has 1 heterocycles. The Labute approximate surface area is 85.3 Å². The Morgan fingerprint density at radius 1 is 1.17 bits per heavy atom. The second kappa shape index (κ2) is 4.70. The van der Waals surface area contributed by atoms with E-state index in [1.807, 2.05) is 12.2 Å². The maximum atomic E-state index is 5.20. The summed E-state index contributed by atoms with van der Waals surface area (Å²) in [5.74, 6) is 0. The molecule has 64 valence electrons. The third kappa shape index (κ3) is 2.12. The van der Waals surface area contributed by atoms with E-state index in [1.54, 1.807) is 20.7 Å². The molecule has 0 spiro atoms. The van der Waals surface area contributed by atoms with E-state index >= 15 is 0 Å². The van der Waals surface area contributed by atoms with E-state index in [2.05, 4.69) is 13.2 Å². The summed E-state index contributed by atoms with van der Waals surface area (Å²) in [6.45, 7) is 7.43. The fourth-order valence-corrected chi connectivity index (χ4v) is 3.87. The Morgan fingerprint density at radius 2 is 1.83 bits per heavy atom.